The molecule has 0 aliphatic heterocycles. The molecule has 0 aliphatic rings. The van der Waals surface area contributed by atoms with Crippen molar-refractivity contribution in [2.24, 2.45) is 0 Å². The zero-order chi connectivity index (χ0) is 16.4. The van der Waals surface area contributed by atoms with Gasteiger partial charge in [-0.2, -0.15) is 0 Å². The number of amides is 1. The lowest BCUT2D eigenvalue weighted by molar-refractivity contribution is 0.0952. The van der Waals surface area contributed by atoms with Crippen molar-refractivity contribution in [1.82, 2.24) is 20.2 Å². The van der Waals surface area contributed by atoms with E-state index in [-0.39, 0.29) is 5.91 Å². The van der Waals surface area contributed by atoms with Crippen LogP contribution in [0.1, 0.15) is 10.4 Å². The van der Waals surface area contributed by atoms with Crippen LogP contribution in [0, 0.1) is 0 Å². The highest BCUT2D eigenvalue weighted by atomic mass is 35.5. The molecule has 6 heteroatoms. The van der Waals surface area contributed by atoms with E-state index in [4.69, 9.17) is 11.6 Å². The number of nitrogens with one attached hydrogen (secondary N) is 1. The van der Waals surface area contributed by atoms with E-state index in [0.717, 1.165) is 6.54 Å². The van der Waals surface area contributed by atoms with E-state index >= 15 is 0 Å². The maximum absolute atomic E-state index is 12.4. The summed E-state index contributed by atoms with van der Waals surface area (Å²) in [6, 6.07) is 10.8. The van der Waals surface area contributed by atoms with Crippen molar-refractivity contribution in [3.8, 4) is 0 Å². The molecule has 3 aromatic rings. The quantitative estimate of drug-likeness (QED) is 0.748. The molecule has 23 heavy (non-hydrogen) atoms. The van der Waals surface area contributed by atoms with E-state index in [1.165, 1.54) is 0 Å². The van der Waals surface area contributed by atoms with Crippen LogP contribution in [0.3, 0.4) is 0 Å². The topological polar surface area (TPSA) is 58.1 Å². The van der Waals surface area contributed by atoms with Crippen molar-refractivity contribution in [3.63, 3.8) is 0 Å². The third kappa shape index (κ3) is 3.25. The molecule has 0 spiro atoms. The Morgan fingerprint density at radius 2 is 1.74 bits per heavy atom. The molecule has 118 valence electrons. The summed E-state index contributed by atoms with van der Waals surface area (Å²) in [6.45, 7) is 1.36. The number of para-hydroxylation sites is 2. The lowest BCUT2D eigenvalue weighted by Crippen LogP contribution is -2.31. The van der Waals surface area contributed by atoms with Crippen LogP contribution in [-0.4, -0.2) is 48.0 Å². The van der Waals surface area contributed by atoms with Gasteiger partial charge in [0.1, 0.15) is 11.0 Å². The SMILES string of the molecule is CN(C)CCNC(=O)c1cccc2nc3c(Cl)cccc3nc12. The molecule has 0 bridgehead atoms. The molecule has 0 unspecified atom stereocenters. The van der Waals surface area contributed by atoms with Crippen molar-refractivity contribution in [1.29, 1.82) is 0 Å². The Labute approximate surface area is 139 Å². The fourth-order valence-corrected chi connectivity index (χ4v) is 2.57. The Morgan fingerprint density at radius 1 is 1.09 bits per heavy atom. The van der Waals surface area contributed by atoms with Crippen molar-refractivity contribution in [2.75, 3.05) is 27.2 Å². The van der Waals surface area contributed by atoms with E-state index in [0.29, 0.717) is 39.2 Å². The first-order chi connectivity index (χ1) is 11.1. The summed E-state index contributed by atoms with van der Waals surface area (Å²) in [5.74, 6) is -0.145. The van der Waals surface area contributed by atoms with E-state index in [2.05, 4.69) is 15.3 Å². The van der Waals surface area contributed by atoms with Crippen LogP contribution in [0.4, 0.5) is 0 Å². The molecule has 1 amide bonds. The Hall–Kier alpha value is -2.24. The zero-order valence-electron chi connectivity index (χ0n) is 13.0. The molecule has 1 aromatic heterocycles. The molecule has 1 N–H and O–H groups in total. The van der Waals surface area contributed by atoms with Gasteiger partial charge in [-0.3, -0.25) is 4.79 Å². The molecule has 0 atom stereocenters. The first-order valence-corrected chi connectivity index (χ1v) is 7.72. The minimum atomic E-state index is -0.145. The predicted octanol–water partition coefficient (Wildman–Crippen LogP) is 2.73. The summed E-state index contributed by atoms with van der Waals surface area (Å²) in [6.07, 6.45) is 0. The first kappa shape index (κ1) is 15.6. The number of fused-ring (bicyclic) bond motifs is 2. The van der Waals surface area contributed by atoms with Gasteiger partial charge in [0.25, 0.3) is 5.91 Å². The summed E-state index contributed by atoms with van der Waals surface area (Å²) < 4.78 is 0. The number of aromatic nitrogens is 2. The van der Waals surface area contributed by atoms with Gasteiger partial charge in [-0.05, 0) is 38.4 Å². The average molecular weight is 329 g/mol. The Morgan fingerprint density at radius 3 is 2.48 bits per heavy atom. The van der Waals surface area contributed by atoms with Crippen LogP contribution >= 0.6 is 11.6 Å². The number of hydrogen-bond donors (Lipinski definition) is 1. The third-order valence-corrected chi connectivity index (χ3v) is 3.84. The first-order valence-electron chi connectivity index (χ1n) is 7.34. The normalized spacial score (nSPS) is 11.3. The largest absolute Gasteiger partial charge is 0.351 e. The van der Waals surface area contributed by atoms with E-state index in [9.17, 15) is 4.79 Å². The van der Waals surface area contributed by atoms with Crippen LogP contribution in [0.5, 0.6) is 0 Å². The molecular formula is C17H17ClN4O. The lowest BCUT2D eigenvalue weighted by atomic mass is 10.1. The van der Waals surface area contributed by atoms with Gasteiger partial charge in [-0.25, -0.2) is 9.97 Å². The Kier molecular flexibility index (Phi) is 4.41. The number of hydrogen-bond acceptors (Lipinski definition) is 4. The fourth-order valence-electron chi connectivity index (χ4n) is 2.36. The van der Waals surface area contributed by atoms with Crippen LogP contribution < -0.4 is 5.32 Å². The molecule has 0 aliphatic carbocycles. The van der Waals surface area contributed by atoms with Gasteiger partial charge in [-0.1, -0.05) is 23.7 Å². The highest BCUT2D eigenvalue weighted by Gasteiger charge is 2.13. The van der Waals surface area contributed by atoms with Gasteiger partial charge >= 0.3 is 0 Å². The van der Waals surface area contributed by atoms with Crippen molar-refractivity contribution in [2.45, 2.75) is 0 Å². The lowest BCUT2D eigenvalue weighted by Gasteiger charge is -2.11. The number of likely N-dealkylation sites (N-methyl/N-ethyl adjacent to an activating group) is 1. The van der Waals surface area contributed by atoms with Gasteiger partial charge in [0.15, 0.2) is 0 Å². The molecular weight excluding hydrogens is 312 g/mol. The number of benzene rings is 2. The van der Waals surface area contributed by atoms with Crippen LogP contribution in [-0.2, 0) is 0 Å². The van der Waals surface area contributed by atoms with Gasteiger partial charge < -0.3 is 10.2 Å². The van der Waals surface area contributed by atoms with E-state index in [1.54, 1.807) is 18.2 Å². The number of rotatable bonds is 4. The van der Waals surface area contributed by atoms with Crippen molar-refractivity contribution in [3.05, 3.63) is 47.0 Å². The summed E-state index contributed by atoms with van der Waals surface area (Å²) >= 11 is 6.17. The minimum Gasteiger partial charge on any atom is -0.351 e. The Bertz CT molecular complexity index is 879. The highest BCUT2D eigenvalue weighted by Crippen LogP contribution is 2.24. The molecule has 1 heterocycles. The van der Waals surface area contributed by atoms with Crippen molar-refractivity contribution >= 4 is 39.6 Å². The average Bonchev–Trinajstić information content (AvgIpc) is 2.52. The second-order valence-corrected chi connectivity index (χ2v) is 5.97. The zero-order valence-corrected chi connectivity index (χ0v) is 13.8. The number of carbonyl (C=O) groups excluding carboxylic acids is 1. The molecule has 2 aromatic carbocycles. The molecule has 3 rings (SSSR count). The molecule has 0 saturated carbocycles. The summed E-state index contributed by atoms with van der Waals surface area (Å²) in [4.78, 5) is 23.6. The second-order valence-electron chi connectivity index (χ2n) is 5.56. The van der Waals surface area contributed by atoms with Crippen molar-refractivity contribution < 1.29 is 4.79 Å². The van der Waals surface area contributed by atoms with Gasteiger partial charge in [-0.15, -0.1) is 0 Å². The van der Waals surface area contributed by atoms with Gasteiger partial charge in [0.2, 0.25) is 0 Å². The Balaban J connectivity index is 2.02. The number of nitrogens with zero attached hydrogens (tertiary/aromatic N) is 3. The van der Waals surface area contributed by atoms with Crippen LogP contribution in [0.15, 0.2) is 36.4 Å². The van der Waals surface area contributed by atoms with Gasteiger partial charge in [0.05, 0.1) is 21.6 Å². The fraction of sp³-hybridized carbons (Fsp3) is 0.235. The smallest absolute Gasteiger partial charge is 0.253 e. The predicted molar refractivity (Wildman–Crippen MR) is 92.9 cm³/mol. The highest BCUT2D eigenvalue weighted by molar-refractivity contribution is 6.35. The maximum Gasteiger partial charge on any atom is 0.253 e. The summed E-state index contributed by atoms with van der Waals surface area (Å²) in [5, 5.41) is 3.46. The second kappa shape index (κ2) is 6.48. The monoisotopic (exact) mass is 328 g/mol. The molecule has 0 saturated heterocycles. The van der Waals surface area contributed by atoms with E-state index < -0.39 is 0 Å². The standard InChI is InChI=1S/C17H17ClN4O/c1-22(2)10-9-19-17(23)11-5-3-7-13-15(11)20-14-8-4-6-12(18)16(14)21-13/h3-8H,9-10H2,1-2H3,(H,19,23). The minimum absolute atomic E-state index is 0.145. The molecule has 0 fully saturated rings. The maximum atomic E-state index is 12.4. The van der Waals surface area contributed by atoms with Gasteiger partial charge in [0, 0.05) is 13.1 Å². The molecule has 5 nitrogen and oxygen atoms in total. The third-order valence-electron chi connectivity index (χ3n) is 3.53. The molecule has 0 radical (unpaired) electrons. The summed E-state index contributed by atoms with van der Waals surface area (Å²) in [5.41, 5.74) is 3.09. The van der Waals surface area contributed by atoms with Crippen LogP contribution in [0.25, 0.3) is 22.1 Å². The summed E-state index contributed by atoms with van der Waals surface area (Å²) in [7, 11) is 3.93. The van der Waals surface area contributed by atoms with E-state index in [1.807, 2.05) is 37.2 Å². The number of halogens is 1. The number of carbonyl (C=O) groups is 1. The van der Waals surface area contributed by atoms with Crippen LogP contribution in [0.2, 0.25) is 5.02 Å².